The molecule has 1 saturated heterocycles. The molecule has 3 amide bonds. The largest absolute Gasteiger partial charge is 0.496 e. The SMILES string of the molecule is COc1ccccc1CC(NC(C)=O)C(=O)N1CCN(C(=O)c2cccc(F)c2)CC1. The molecule has 2 aromatic rings. The van der Waals surface area contributed by atoms with Gasteiger partial charge in [-0.1, -0.05) is 24.3 Å². The van der Waals surface area contributed by atoms with Gasteiger partial charge in [-0.15, -0.1) is 0 Å². The number of piperazine rings is 1. The van der Waals surface area contributed by atoms with E-state index in [4.69, 9.17) is 4.74 Å². The molecule has 3 rings (SSSR count). The zero-order valence-corrected chi connectivity index (χ0v) is 17.6. The third-order valence-corrected chi connectivity index (χ3v) is 5.24. The highest BCUT2D eigenvalue weighted by Gasteiger charge is 2.30. The summed E-state index contributed by atoms with van der Waals surface area (Å²) < 4.78 is 18.8. The Morgan fingerprint density at radius 3 is 2.35 bits per heavy atom. The molecular weight excluding hydrogens is 401 g/mol. The van der Waals surface area contributed by atoms with Crippen LogP contribution in [-0.2, 0) is 16.0 Å². The molecular formula is C23H26FN3O4. The molecule has 8 heteroatoms. The summed E-state index contributed by atoms with van der Waals surface area (Å²) in [6.07, 6.45) is 0.296. The Balaban J connectivity index is 1.66. The zero-order valence-electron chi connectivity index (χ0n) is 17.6. The number of rotatable bonds is 6. The first-order chi connectivity index (χ1) is 14.9. The fraction of sp³-hybridized carbons (Fsp3) is 0.348. The Labute approximate surface area is 180 Å². The van der Waals surface area contributed by atoms with Gasteiger partial charge in [-0.2, -0.15) is 0 Å². The lowest BCUT2D eigenvalue weighted by Crippen LogP contribution is -2.56. The van der Waals surface area contributed by atoms with E-state index in [1.54, 1.807) is 29.0 Å². The molecule has 0 aliphatic carbocycles. The quantitative estimate of drug-likeness (QED) is 0.764. The Kier molecular flexibility index (Phi) is 7.23. The van der Waals surface area contributed by atoms with Gasteiger partial charge in [0.05, 0.1) is 7.11 Å². The van der Waals surface area contributed by atoms with Crippen LogP contribution >= 0.6 is 0 Å². The van der Waals surface area contributed by atoms with Crippen molar-refractivity contribution in [1.82, 2.24) is 15.1 Å². The molecule has 1 aliphatic rings. The lowest BCUT2D eigenvalue weighted by molar-refractivity contribution is -0.137. The smallest absolute Gasteiger partial charge is 0.254 e. The summed E-state index contributed by atoms with van der Waals surface area (Å²) in [5, 5.41) is 2.73. The van der Waals surface area contributed by atoms with E-state index in [0.29, 0.717) is 38.3 Å². The minimum atomic E-state index is -0.737. The van der Waals surface area contributed by atoms with Crippen molar-refractivity contribution in [3.05, 3.63) is 65.5 Å². The van der Waals surface area contributed by atoms with E-state index >= 15 is 0 Å². The molecule has 0 spiro atoms. The molecule has 2 aromatic carbocycles. The molecule has 1 N–H and O–H groups in total. The molecule has 31 heavy (non-hydrogen) atoms. The van der Waals surface area contributed by atoms with Crippen LogP contribution in [0.25, 0.3) is 0 Å². The van der Waals surface area contributed by atoms with Crippen LogP contribution in [0.3, 0.4) is 0 Å². The van der Waals surface area contributed by atoms with E-state index in [2.05, 4.69) is 5.32 Å². The molecule has 0 aromatic heterocycles. The highest BCUT2D eigenvalue weighted by molar-refractivity contribution is 5.94. The van der Waals surface area contributed by atoms with Crippen molar-refractivity contribution in [3.63, 3.8) is 0 Å². The van der Waals surface area contributed by atoms with Gasteiger partial charge in [-0.3, -0.25) is 14.4 Å². The number of amides is 3. The number of halogens is 1. The van der Waals surface area contributed by atoms with Crippen molar-refractivity contribution in [1.29, 1.82) is 0 Å². The number of carbonyl (C=O) groups excluding carboxylic acids is 3. The number of nitrogens with one attached hydrogen (secondary N) is 1. The van der Waals surface area contributed by atoms with Gasteiger partial charge in [-0.05, 0) is 29.8 Å². The van der Waals surface area contributed by atoms with Gasteiger partial charge in [0.15, 0.2) is 0 Å². The van der Waals surface area contributed by atoms with Crippen LogP contribution in [0.4, 0.5) is 4.39 Å². The van der Waals surface area contributed by atoms with Crippen molar-refractivity contribution in [2.75, 3.05) is 33.3 Å². The van der Waals surface area contributed by atoms with Crippen LogP contribution in [0.1, 0.15) is 22.8 Å². The second-order valence-electron chi connectivity index (χ2n) is 7.40. The summed E-state index contributed by atoms with van der Waals surface area (Å²) in [4.78, 5) is 40.7. The fourth-order valence-electron chi connectivity index (χ4n) is 3.69. The van der Waals surface area contributed by atoms with Gasteiger partial charge in [0.25, 0.3) is 5.91 Å². The van der Waals surface area contributed by atoms with E-state index in [9.17, 15) is 18.8 Å². The number of methoxy groups -OCH3 is 1. The molecule has 0 bridgehead atoms. The zero-order chi connectivity index (χ0) is 22.4. The summed E-state index contributed by atoms with van der Waals surface area (Å²) in [6, 6.07) is 12.2. The Bertz CT molecular complexity index is 957. The minimum Gasteiger partial charge on any atom is -0.496 e. The number of nitrogens with zero attached hydrogens (tertiary/aromatic N) is 2. The average Bonchev–Trinajstić information content (AvgIpc) is 2.78. The highest BCUT2D eigenvalue weighted by atomic mass is 19.1. The molecule has 1 fully saturated rings. The number of para-hydroxylation sites is 1. The molecule has 0 saturated carbocycles. The maximum absolute atomic E-state index is 13.4. The normalized spacial score (nSPS) is 14.7. The molecule has 1 heterocycles. The number of benzene rings is 2. The van der Waals surface area contributed by atoms with Gasteiger partial charge < -0.3 is 19.9 Å². The van der Waals surface area contributed by atoms with Crippen LogP contribution in [0.15, 0.2) is 48.5 Å². The summed E-state index contributed by atoms with van der Waals surface area (Å²) in [6.45, 7) is 2.72. The first-order valence-electron chi connectivity index (χ1n) is 10.1. The molecule has 7 nitrogen and oxygen atoms in total. The molecule has 1 aliphatic heterocycles. The summed E-state index contributed by atoms with van der Waals surface area (Å²) in [5.41, 5.74) is 1.10. The maximum atomic E-state index is 13.4. The Hall–Kier alpha value is -3.42. The van der Waals surface area contributed by atoms with Crippen LogP contribution in [-0.4, -0.2) is 66.9 Å². The van der Waals surface area contributed by atoms with E-state index in [-0.39, 0.29) is 23.3 Å². The standard InChI is InChI=1S/C23H26FN3O4/c1-16(28)25-20(15-17-6-3-4-9-21(17)31-2)23(30)27-12-10-26(11-13-27)22(29)18-7-5-8-19(24)14-18/h3-9,14,20H,10-13,15H2,1-2H3,(H,25,28). The van der Waals surface area contributed by atoms with Crippen LogP contribution in [0.5, 0.6) is 5.75 Å². The maximum Gasteiger partial charge on any atom is 0.254 e. The van der Waals surface area contributed by atoms with Crippen molar-refractivity contribution >= 4 is 17.7 Å². The molecule has 164 valence electrons. The number of carbonyl (C=O) groups is 3. The summed E-state index contributed by atoms with van der Waals surface area (Å²) in [5.74, 6) is -0.587. The highest BCUT2D eigenvalue weighted by Crippen LogP contribution is 2.20. The second-order valence-corrected chi connectivity index (χ2v) is 7.40. The molecule has 1 atom stereocenters. The first-order valence-corrected chi connectivity index (χ1v) is 10.1. The predicted molar refractivity (Wildman–Crippen MR) is 113 cm³/mol. The number of hydrogen-bond acceptors (Lipinski definition) is 4. The molecule has 0 radical (unpaired) electrons. The van der Waals surface area contributed by atoms with E-state index in [1.165, 1.54) is 25.1 Å². The topological polar surface area (TPSA) is 79.0 Å². The molecule has 1 unspecified atom stereocenters. The second kappa shape index (κ2) is 10.1. The van der Waals surface area contributed by atoms with Crippen molar-refractivity contribution in [2.24, 2.45) is 0 Å². The van der Waals surface area contributed by atoms with Crippen molar-refractivity contribution in [2.45, 2.75) is 19.4 Å². The summed E-state index contributed by atoms with van der Waals surface area (Å²) >= 11 is 0. The average molecular weight is 427 g/mol. The monoisotopic (exact) mass is 427 g/mol. The van der Waals surface area contributed by atoms with E-state index < -0.39 is 11.9 Å². The van der Waals surface area contributed by atoms with Gasteiger partial charge in [0, 0.05) is 45.1 Å². The third kappa shape index (κ3) is 5.59. The van der Waals surface area contributed by atoms with Gasteiger partial charge in [-0.25, -0.2) is 4.39 Å². The van der Waals surface area contributed by atoms with E-state index in [0.717, 1.165) is 5.56 Å². The van der Waals surface area contributed by atoms with Crippen LogP contribution in [0.2, 0.25) is 0 Å². The number of hydrogen-bond donors (Lipinski definition) is 1. The van der Waals surface area contributed by atoms with Gasteiger partial charge in [0.2, 0.25) is 11.8 Å². The van der Waals surface area contributed by atoms with Crippen molar-refractivity contribution in [3.8, 4) is 5.75 Å². The van der Waals surface area contributed by atoms with Gasteiger partial charge >= 0.3 is 0 Å². The fourth-order valence-corrected chi connectivity index (χ4v) is 3.69. The lowest BCUT2D eigenvalue weighted by atomic mass is 10.0. The Morgan fingerprint density at radius 1 is 1.03 bits per heavy atom. The number of ether oxygens (including phenoxy) is 1. The predicted octanol–water partition coefficient (Wildman–Crippen LogP) is 1.87. The first kappa shape index (κ1) is 22.3. The third-order valence-electron chi connectivity index (χ3n) is 5.24. The Morgan fingerprint density at radius 2 is 1.71 bits per heavy atom. The summed E-state index contributed by atoms with van der Waals surface area (Å²) in [7, 11) is 1.56. The van der Waals surface area contributed by atoms with E-state index in [1.807, 2.05) is 18.2 Å². The van der Waals surface area contributed by atoms with Crippen LogP contribution in [0, 0.1) is 5.82 Å². The van der Waals surface area contributed by atoms with Gasteiger partial charge in [0.1, 0.15) is 17.6 Å². The minimum absolute atomic E-state index is 0.209. The van der Waals surface area contributed by atoms with Crippen molar-refractivity contribution < 1.29 is 23.5 Å². The van der Waals surface area contributed by atoms with Crippen LogP contribution < -0.4 is 10.1 Å². The lowest BCUT2D eigenvalue weighted by Gasteiger charge is -2.36.